The van der Waals surface area contributed by atoms with Gasteiger partial charge in [0.25, 0.3) is 0 Å². The molecule has 0 saturated carbocycles. The highest BCUT2D eigenvalue weighted by Crippen LogP contribution is 2.24. The van der Waals surface area contributed by atoms with Gasteiger partial charge in [0, 0.05) is 24.8 Å². The molecule has 0 spiro atoms. The molecule has 0 aliphatic rings. The number of aryl methyl sites for hydroxylation is 2. The first-order valence-electron chi connectivity index (χ1n) is 6.84. The van der Waals surface area contributed by atoms with Crippen LogP contribution >= 0.6 is 0 Å². The van der Waals surface area contributed by atoms with Gasteiger partial charge in [-0.15, -0.1) is 0 Å². The minimum atomic E-state index is 0.457. The van der Waals surface area contributed by atoms with Gasteiger partial charge in [0.15, 0.2) is 0 Å². The van der Waals surface area contributed by atoms with Gasteiger partial charge in [-0.1, -0.05) is 27.7 Å². The third-order valence-electron chi connectivity index (χ3n) is 3.00. The van der Waals surface area contributed by atoms with Crippen LogP contribution in [0.5, 0.6) is 0 Å². The van der Waals surface area contributed by atoms with Crippen LogP contribution in [0.25, 0.3) is 0 Å². The van der Waals surface area contributed by atoms with Crippen LogP contribution in [0.3, 0.4) is 0 Å². The number of aromatic nitrogens is 2. The van der Waals surface area contributed by atoms with Gasteiger partial charge in [-0.3, -0.25) is 4.68 Å². The van der Waals surface area contributed by atoms with Gasteiger partial charge >= 0.3 is 0 Å². The summed E-state index contributed by atoms with van der Waals surface area (Å²) in [5, 5.41) is 8.19. The van der Waals surface area contributed by atoms with E-state index in [0.29, 0.717) is 12.0 Å². The fraction of sp³-hybridized carbons (Fsp3) is 0.786. The first-order chi connectivity index (χ1) is 8.08. The minimum Gasteiger partial charge on any atom is -0.310 e. The Kier molecular flexibility index (Phi) is 5.69. The molecule has 17 heavy (non-hydrogen) atoms. The zero-order chi connectivity index (χ0) is 12.8. The summed E-state index contributed by atoms with van der Waals surface area (Å²) in [4.78, 5) is 0. The molecular formula is C14H27N3. The molecule has 0 radical (unpaired) electrons. The van der Waals surface area contributed by atoms with Crippen LogP contribution in [-0.2, 0) is 13.5 Å². The van der Waals surface area contributed by atoms with Crippen LogP contribution < -0.4 is 5.32 Å². The lowest BCUT2D eigenvalue weighted by Crippen LogP contribution is -2.24. The maximum atomic E-state index is 4.54. The maximum Gasteiger partial charge on any atom is 0.0669 e. The molecule has 0 aliphatic heterocycles. The summed E-state index contributed by atoms with van der Waals surface area (Å²) in [6.07, 6.45) is 5.54. The van der Waals surface area contributed by atoms with Crippen molar-refractivity contribution < 1.29 is 0 Å². The molecule has 98 valence electrons. The topological polar surface area (TPSA) is 29.9 Å². The summed E-state index contributed by atoms with van der Waals surface area (Å²) < 4.78 is 1.94. The quantitative estimate of drug-likeness (QED) is 0.790. The molecule has 1 N–H and O–H groups in total. The van der Waals surface area contributed by atoms with E-state index in [1.54, 1.807) is 0 Å². The Morgan fingerprint density at radius 2 is 2.06 bits per heavy atom. The zero-order valence-corrected chi connectivity index (χ0v) is 12.0. The molecule has 0 bridgehead atoms. The second-order valence-electron chi connectivity index (χ2n) is 5.19. The number of hydrogen-bond acceptors (Lipinski definition) is 2. The summed E-state index contributed by atoms with van der Waals surface area (Å²) in [6, 6.07) is 0.457. The average Bonchev–Trinajstić information content (AvgIpc) is 2.65. The summed E-state index contributed by atoms with van der Waals surface area (Å²) in [5.74, 6) is 0.703. The van der Waals surface area contributed by atoms with E-state index in [2.05, 4.69) is 44.3 Å². The molecule has 3 nitrogen and oxygen atoms in total. The van der Waals surface area contributed by atoms with Crippen LogP contribution in [0.4, 0.5) is 0 Å². The minimum absolute atomic E-state index is 0.457. The van der Waals surface area contributed by atoms with E-state index in [1.165, 1.54) is 24.1 Å². The summed E-state index contributed by atoms with van der Waals surface area (Å²) in [5.41, 5.74) is 2.62. The molecule has 1 rings (SSSR count). The predicted octanol–water partition coefficient (Wildman–Crippen LogP) is 3.07. The molecule has 1 aromatic rings. The van der Waals surface area contributed by atoms with Crippen molar-refractivity contribution in [1.29, 1.82) is 0 Å². The molecule has 1 aromatic heterocycles. The molecule has 1 unspecified atom stereocenters. The lowest BCUT2D eigenvalue weighted by molar-refractivity contribution is 0.428. The standard InChI is InChI=1S/C14H27N3/c1-6-8-15-14(9-11(3)4)12-10-17(5)16-13(12)7-2/h10-11,14-15H,6-9H2,1-5H3. The Hall–Kier alpha value is -0.830. The van der Waals surface area contributed by atoms with E-state index in [-0.39, 0.29) is 0 Å². The van der Waals surface area contributed by atoms with E-state index in [9.17, 15) is 0 Å². The zero-order valence-electron chi connectivity index (χ0n) is 12.0. The van der Waals surface area contributed by atoms with Gasteiger partial charge in [0.2, 0.25) is 0 Å². The second-order valence-corrected chi connectivity index (χ2v) is 5.19. The van der Waals surface area contributed by atoms with Crippen molar-refractivity contribution in [2.45, 2.75) is 53.0 Å². The monoisotopic (exact) mass is 237 g/mol. The van der Waals surface area contributed by atoms with Crippen LogP contribution in [-0.4, -0.2) is 16.3 Å². The van der Waals surface area contributed by atoms with Crippen molar-refractivity contribution in [2.24, 2.45) is 13.0 Å². The summed E-state index contributed by atoms with van der Waals surface area (Å²) in [7, 11) is 2.01. The van der Waals surface area contributed by atoms with Crippen LogP contribution in [0.1, 0.15) is 57.8 Å². The van der Waals surface area contributed by atoms with Gasteiger partial charge < -0.3 is 5.32 Å². The average molecular weight is 237 g/mol. The van der Waals surface area contributed by atoms with E-state index >= 15 is 0 Å². The number of rotatable bonds is 7. The van der Waals surface area contributed by atoms with Crippen molar-refractivity contribution in [3.05, 3.63) is 17.5 Å². The van der Waals surface area contributed by atoms with Gasteiger partial charge in [-0.25, -0.2) is 0 Å². The number of nitrogens with zero attached hydrogens (tertiary/aromatic N) is 2. The molecule has 1 heterocycles. The fourth-order valence-corrected chi connectivity index (χ4v) is 2.23. The Labute approximate surface area is 106 Å². The second kappa shape index (κ2) is 6.80. The molecular weight excluding hydrogens is 210 g/mol. The van der Waals surface area contributed by atoms with E-state index < -0.39 is 0 Å². The van der Waals surface area contributed by atoms with Gasteiger partial charge in [-0.05, 0) is 31.7 Å². The Morgan fingerprint density at radius 1 is 1.35 bits per heavy atom. The largest absolute Gasteiger partial charge is 0.310 e. The highest BCUT2D eigenvalue weighted by Gasteiger charge is 2.18. The third-order valence-corrected chi connectivity index (χ3v) is 3.00. The third kappa shape index (κ3) is 4.15. The molecule has 1 atom stereocenters. The summed E-state index contributed by atoms with van der Waals surface area (Å²) >= 11 is 0. The normalized spacial score (nSPS) is 13.3. The van der Waals surface area contributed by atoms with Gasteiger partial charge in [0.1, 0.15) is 0 Å². The van der Waals surface area contributed by atoms with Crippen molar-refractivity contribution >= 4 is 0 Å². The molecule has 0 saturated heterocycles. The maximum absolute atomic E-state index is 4.54. The van der Waals surface area contributed by atoms with E-state index in [4.69, 9.17) is 0 Å². The molecule has 3 heteroatoms. The van der Waals surface area contributed by atoms with Crippen LogP contribution in [0.2, 0.25) is 0 Å². The summed E-state index contributed by atoms with van der Waals surface area (Å²) in [6.45, 7) is 10.0. The van der Waals surface area contributed by atoms with Crippen molar-refractivity contribution in [3.8, 4) is 0 Å². The highest BCUT2D eigenvalue weighted by atomic mass is 15.3. The Morgan fingerprint density at radius 3 is 2.59 bits per heavy atom. The molecule has 0 aliphatic carbocycles. The van der Waals surface area contributed by atoms with Crippen LogP contribution in [0, 0.1) is 5.92 Å². The van der Waals surface area contributed by atoms with Crippen molar-refractivity contribution in [2.75, 3.05) is 6.54 Å². The number of hydrogen-bond donors (Lipinski definition) is 1. The molecule has 0 fully saturated rings. The van der Waals surface area contributed by atoms with Crippen molar-refractivity contribution in [1.82, 2.24) is 15.1 Å². The van der Waals surface area contributed by atoms with Crippen molar-refractivity contribution in [3.63, 3.8) is 0 Å². The van der Waals surface area contributed by atoms with E-state index in [1.807, 2.05) is 11.7 Å². The highest BCUT2D eigenvalue weighted by molar-refractivity contribution is 5.21. The Bertz CT molecular complexity index is 328. The van der Waals surface area contributed by atoms with Gasteiger partial charge in [-0.2, -0.15) is 5.10 Å². The lowest BCUT2D eigenvalue weighted by Gasteiger charge is -2.20. The predicted molar refractivity (Wildman–Crippen MR) is 73.1 cm³/mol. The van der Waals surface area contributed by atoms with Gasteiger partial charge in [0.05, 0.1) is 5.69 Å². The first kappa shape index (κ1) is 14.2. The first-order valence-corrected chi connectivity index (χ1v) is 6.84. The lowest BCUT2D eigenvalue weighted by atomic mass is 9.96. The molecule has 0 aromatic carbocycles. The smallest absolute Gasteiger partial charge is 0.0669 e. The van der Waals surface area contributed by atoms with E-state index in [0.717, 1.165) is 13.0 Å². The SMILES string of the molecule is CCCNC(CC(C)C)c1cn(C)nc1CC. The number of nitrogens with one attached hydrogen (secondary N) is 1. The Balaban J connectivity index is 2.85. The fourth-order valence-electron chi connectivity index (χ4n) is 2.23. The molecule has 0 amide bonds. The van der Waals surface area contributed by atoms with Crippen LogP contribution in [0.15, 0.2) is 6.20 Å².